The third-order valence-corrected chi connectivity index (χ3v) is 3.29. The zero-order valence-electron chi connectivity index (χ0n) is 10.6. The van der Waals surface area contributed by atoms with E-state index in [0.717, 1.165) is 32.7 Å². The van der Waals surface area contributed by atoms with Crippen LogP contribution in [0.3, 0.4) is 0 Å². The third kappa shape index (κ3) is 3.17. The Morgan fingerprint density at radius 2 is 1.88 bits per heavy atom. The number of likely N-dealkylation sites (N-methyl/N-ethyl adjacent to an activating group) is 1. The number of nitrogens with two attached hydrogens (primary N) is 1. The number of nitrogens with one attached hydrogen (secondary N) is 1. The zero-order valence-corrected chi connectivity index (χ0v) is 10.6. The van der Waals surface area contributed by atoms with E-state index in [2.05, 4.69) is 36.0 Å². The summed E-state index contributed by atoms with van der Waals surface area (Å²) >= 11 is 0. The molecule has 94 valence electrons. The van der Waals surface area contributed by atoms with E-state index in [0.29, 0.717) is 0 Å². The molecule has 5 heteroatoms. The Morgan fingerprint density at radius 3 is 2.25 bits per heavy atom. The minimum Gasteiger partial charge on any atom is -0.301 e. The molecule has 1 heterocycles. The van der Waals surface area contributed by atoms with Crippen molar-refractivity contribution in [2.24, 2.45) is 11.8 Å². The molecule has 1 aliphatic rings. The summed E-state index contributed by atoms with van der Waals surface area (Å²) in [6.07, 6.45) is 0. The van der Waals surface area contributed by atoms with E-state index in [1.54, 1.807) is 0 Å². The van der Waals surface area contributed by atoms with Gasteiger partial charge in [0.2, 0.25) is 0 Å². The van der Waals surface area contributed by atoms with E-state index in [-0.39, 0.29) is 17.9 Å². The molecule has 0 aromatic heterocycles. The molecule has 1 amide bonds. The molecule has 0 radical (unpaired) electrons. The first kappa shape index (κ1) is 13.4. The van der Waals surface area contributed by atoms with Gasteiger partial charge < -0.3 is 4.90 Å². The zero-order chi connectivity index (χ0) is 12.1. The molecule has 0 bridgehead atoms. The van der Waals surface area contributed by atoms with Crippen LogP contribution >= 0.6 is 0 Å². The molecule has 5 nitrogen and oxygen atoms in total. The maximum atomic E-state index is 11.7. The Balaban J connectivity index is 2.57. The van der Waals surface area contributed by atoms with Gasteiger partial charge in [-0.3, -0.25) is 15.1 Å². The molecule has 1 atom stereocenters. The molecular weight excluding hydrogens is 204 g/mol. The highest BCUT2D eigenvalue weighted by Gasteiger charge is 2.30. The van der Waals surface area contributed by atoms with Gasteiger partial charge >= 0.3 is 0 Å². The fraction of sp³-hybridized carbons (Fsp3) is 0.909. The van der Waals surface area contributed by atoms with Crippen LogP contribution in [0.4, 0.5) is 0 Å². The maximum Gasteiger partial charge on any atom is 0.251 e. The highest BCUT2D eigenvalue weighted by Crippen LogP contribution is 2.13. The van der Waals surface area contributed by atoms with Gasteiger partial charge in [0.05, 0.1) is 6.04 Å². The Hall–Kier alpha value is -0.650. The average Bonchev–Trinajstić information content (AvgIpc) is 2.29. The number of carbonyl (C=O) groups is 1. The lowest BCUT2D eigenvalue weighted by molar-refractivity contribution is -0.129. The number of piperazine rings is 1. The highest BCUT2D eigenvalue weighted by molar-refractivity contribution is 5.81. The van der Waals surface area contributed by atoms with E-state index in [1.165, 1.54) is 0 Å². The predicted molar refractivity (Wildman–Crippen MR) is 64.6 cm³/mol. The van der Waals surface area contributed by atoms with E-state index in [4.69, 9.17) is 5.84 Å². The highest BCUT2D eigenvalue weighted by atomic mass is 16.2. The van der Waals surface area contributed by atoms with Crippen molar-refractivity contribution in [3.05, 3.63) is 0 Å². The summed E-state index contributed by atoms with van der Waals surface area (Å²) in [6, 6.07) is -0.0935. The Labute approximate surface area is 97.9 Å². The van der Waals surface area contributed by atoms with Crippen molar-refractivity contribution in [2.45, 2.75) is 26.8 Å². The second kappa shape index (κ2) is 6.18. The minimum atomic E-state index is -0.0935. The number of nitrogens with zero attached hydrogens (tertiary/aromatic N) is 2. The van der Waals surface area contributed by atoms with Gasteiger partial charge in [0, 0.05) is 26.2 Å². The lowest BCUT2D eigenvalue weighted by Crippen LogP contribution is -2.57. The first-order chi connectivity index (χ1) is 7.60. The summed E-state index contributed by atoms with van der Waals surface area (Å²) in [5.41, 5.74) is 2.27. The molecule has 0 aromatic carbocycles. The van der Waals surface area contributed by atoms with Crippen LogP contribution in [0.1, 0.15) is 20.8 Å². The van der Waals surface area contributed by atoms with Crippen molar-refractivity contribution in [1.29, 1.82) is 0 Å². The fourth-order valence-corrected chi connectivity index (χ4v) is 2.33. The molecule has 0 saturated carbocycles. The maximum absolute atomic E-state index is 11.7. The van der Waals surface area contributed by atoms with Crippen LogP contribution in [0.25, 0.3) is 0 Å². The lowest BCUT2D eigenvalue weighted by atomic mass is 10.0. The number of rotatable bonds is 4. The molecule has 0 aliphatic carbocycles. The summed E-state index contributed by atoms with van der Waals surface area (Å²) in [5.74, 6) is 5.45. The molecular formula is C11H24N4O. The first-order valence-corrected chi connectivity index (χ1v) is 6.07. The largest absolute Gasteiger partial charge is 0.301 e. The summed E-state index contributed by atoms with van der Waals surface area (Å²) in [5, 5.41) is 0. The number of hydrogen-bond acceptors (Lipinski definition) is 4. The van der Waals surface area contributed by atoms with Crippen molar-refractivity contribution in [2.75, 3.05) is 32.7 Å². The molecule has 1 rings (SSSR count). The van der Waals surface area contributed by atoms with Gasteiger partial charge in [0.1, 0.15) is 0 Å². The van der Waals surface area contributed by atoms with E-state index in [9.17, 15) is 4.79 Å². The molecule has 1 fully saturated rings. The Morgan fingerprint density at radius 1 is 1.31 bits per heavy atom. The SMILES string of the molecule is CCN1CCN(C(C(=O)NN)C(C)C)CC1. The fourth-order valence-electron chi connectivity index (χ4n) is 2.33. The van der Waals surface area contributed by atoms with Gasteiger partial charge in [-0.15, -0.1) is 0 Å². The number of carbonyl (C=O) groups excluding carboxylic acids is 1. The summed E-state index contributed by atoms with van der Waals surface area (Å²) in [6.45, 7) is 11.4. The average molecular weight is 228 g/mol. The second-order valence-electron chi connectivity index (χ2n) is 4.67. The summed E-state index contributed by atoms with van der Waals surface area (Å²) < 4.78 is 0. The normalized spacial score (nSPS) is 21.1. The van der Waals surface area contributed by atoms with Gasteiger partial charge in [0.15, 0.2) is 0 Å². The number of amides is 1. The molecule has 1 unspecified atom stereocenters. The Kier molecular flexibility index (Phi) is 5.18. The van der Waals surface area contributed by atoms with Crippen molar-refractivity contribution < 1.29 is 4.79 Å². The number of hydrazine groups is 1. The van der Waals surface area contributed by atoms with E-state index < -0.39 is 0 Å². The van der Waals surface area contributed by atoms with Gasteiger partial charge in [-0.25, -0.2) is 5.84 Å². The predicted octanol–water partition coefficient (Wildman–Crippen LogP) is -0.362. The lowest BCUT2D eigenvalue weighted by Gasteiger charge is -2.39. The smallest absolute Gasteiger partial charge is 0.251 e. The molecule has 0 spiro atoms. The van der Waals surface area contributed by atoms with Crippen LogP contribution < -0.4 is 11.3 Å². The van der Waals surface area contributed by atoms with E-state index >= 15 is 0 Å². The van der Waals surface area contributed by atoms with Crippen LogP contribution in [-0.2, 0) is 4.79 Å². The van der Waals surface area contributed by atoms with Crippen LogP contribution in [0.15, 0.2) is 0 Å². The van der Waals surface area contributed by atoms with E-state index in [1.807, 2.05) is 0 Å². The summed E-state index contributed by atoms with van der Waals surface area (Å²) in [7, 11) is 0. The standard InChI is InChI=1S/C11H24N4O/c1-4-14-5-7-15(8-6-14)10(9(2)3)11(16)13-12/h9-10H,4-8,12H2,1-3H3,(H,13,16). The molecule has 1 aliphatic heterocycles. The van der Waals surface area contributed by atoms with Crippen LogP contribution in [0.2, 0.25) is 0 Å². The van der Waals surface area contributed by atoms with Crippen molar-refractivity contribution >= 4 is 5.91 Å². The van der Waals surface area contributed by atoms with Gasteiger partial charge in [0.25, 0.3) is 5.91 Å². The quantitative estimate of drug-likeness (QED) is 0.392. The van der Waals surface area contributed by atoms with Gasteiger partial charge in [-0.1, -0.05) is 20.8 Å². The third-order valence-electron chi connectivity index (χ3n) is 3.29. The molecule has 16 heavy (non-hydrogen) atoms. The van der Waals surface area contributed by atoms with Gasteiger partial charge in [-0.05, 0) is 12.5 Å². The molecule has 3 N–H and O–H groups in total. The summed E-state index contributed by atoms with van der Waals surface area (Å²) in [4.78, 5) is 16.3. The Bertz CT molecular complexity index is 224. The van der Waals surface area contributed by atoms with Crippen LogP contribution in [-0.4, -0.2) is 54.5 Å². The van der Waals surface area contributed by atoms with Crippen molar-refractivity contribution in [3.63, 3.8) is 0 Å². The van der Waals surface area contributed by atoms with Crippen molar-refractivity contribution in [1.82, 2.24) is 15.2 Å². The second-order valence-corrected chi connectivity index (χ2v) is 4.67. The minimum absolute atomic E-state index is 0.0695. The topological polar surface area (TPSA) is 61.6 Å². The number of hydrogen-bond donors (Lipinski definition) is 2. The van der Waals surface area contributed by atoms with Crippen LogP contribution in [0.5, 0.6) is 0 Å². The van der Waals surface area contributed by atoms with Crippen LogP contribution in [0, 0.1) is 5.92 Å². The monoisotopic (exact) mass is 228 g/mol. The van der Waals surface area contributed by atoms with Gasteiger partial charge in [-0.2, -0.15) is 0 Å². The first-order valence-electron chi connectivity index (χ1n) is 6.07. The molecule has 1 saturated heterocycles. The molecule has 0 aromatic rings. The van der Waals surface area contributed by atoms with Crippen molar-refractivity contribution in [3.8, 4) is 0 Å².